The van der Waals surface area contributed by atoms with E-state index in [1.165, 1.54) is 12.1 Å². The summed E-state index contributed by atoms with van der Waals surface area (Å²) in [5.74, 6) is 0.531. The summed E-state index contributed by atoms with van der Waals surface area (Å²) in [7, 11) is 0. The van der Waals surface area contributed by atoms with Crippen molar-refractivity contribution in [3.63, 3.8) is 0 Å². The van der Waals surface area contributed by atoms with Gasteiger partial charge in [-0.3, -0.25) is 4.79 Å². The Labute approximate surface area is 139 Å². The van der Waals surface area contributed by atoms with Gasteiger partial charge in [-0.1, -0.05) is 5.16 Å². The van der Waals surface area contributed by atoms with E-state index < -0.39 is 0 Å². The fourth-order valence-electron chi connectivity index (χ4n) is 2.83. The second-order valence-corrected chi connectivity index (χ2v) is 6.07. The van der Waals surface area contributed by atoms with Gasteiger partial charge in [-0.25, -0.2) is 4.39 Å². The molecule has 6 nitrogen and oxygen atoms in total. The number of hydrogen-bond acceptors (Lipinski definition) is 5. The lowest BCUT2D eigenvalue weighted by molar-refractivity contribution is -0.143. The van der Waals surface area contributed by atoms with Crippen LogP contribution in [0.2, 0.25) is 0 Å². The number of carbonyl (C=O) groups excluding carboxylic acids is 1. The normalized spacial score (nSPS) is 21.0. The lowest BCUT2D eigenvalue weighted by Gasteiger charge is -2.35. The van der Waals surface area contributed by atoms with Gasteiger partial charge in [-0.05, 0) is 38.1 Å². The third-order valence-corrected chi connectivity index (χ3v) is 3.90. The van der Waals surface area contributed by atoms with E-state index in [2.05, 4.69) is 10.1 Å². The quantitative estimate of drug-likeness (QED) is 0.860. The molecule has 0 unspecified atom stereocenters. The van der Waals surface area contributed by atoms with Crippen LogP contribution in [0.15, 0.2) is 28.8 Å². The SMILES string of the molecule is C[C@@H]1CN(C(=O)CCc2nc(-c3ccc(F)cc3)no2)C[C@H](C)O1. The van der Waals surface area contributed by atoms with Crippen molar-refractivity contribution < 1.29 is 18.4 Å². The lowest BCUT2D eigenvalue weighted by atomic mass is 10.2. The highest BCUT2D eigenvalue weighted by Crippen LogP contribution is 2.17. The molecule has 128 valence electrons. The van der Waals surface area contributed by atoms with Crippen molar-refractivity contribution in [2.24, 2.45) is 0 Å². The Kier molecular flexibility index (Phi) is 4.89. The number of hydrogen-bond donors (Lipinski definition) is 0. The molecule has 2 aromatic rings. The number of rotatable bonds is 4. The molecule has 2 heterocycles. The summed E-state index contributed by atoms with van der Waals surface area (Å²) in [6.07, 6.45) is 0.787. The second-order valence-electron chi connectivity index (χ2n) is 6.07. The molecular weight excluding hydrogens is 313 g/mol. The summed E-state index contributed by atoms with van der Waals surface area (Å²) in [6, 6.07) is 5.86. The van der Waals surface area contributed by atoms with Crippen molar-refractivity contribution in [3.8, 4) is 11.4 Å². The van der Waals surface area contributed by atoms with Crippen LogP contribution in [0.5, 0.6) is 0 Å². The van der Waals surface area contributed by atoms with Gasteiger partial charge in [0.05, 0.1) is 12.2 Å². The first-order chi connectivity index (χ1) is 11.5. The average Bonchev–Trinajstić information content (AvgIpc) is 3.01. The molecule has 24 heavy (non-hydrogen) atoms. The number of aryl methyl sites for hydroxylation is 1. The maximum absolute atomic E-state index is 12.9. The Balaban J connectivity index is 1.57. The highest BCUT2D eigenvalue weighted by molar-refractivity contribution is 5.76. The molecule has 1 aromatic carbocycles. The molecule has 0 N–H and O–H groups in total. The molecule has 0 saturated carbocycles. The predicted octanol–water partition coefficient (Wildman–Crippen LogP) is 2.44. The Hall–Kier alpha value is -2.28. The van der Waals surface area contributed by atoms with Gasteiger partial charge in [0.15, 0.2) is 0 Å². The molecule has 7 heteroatoms. The van der Waals surface area contributed by atoms with Crippen molar-refractivity contribution in [3.05, 3.63) is 36.0 Å². The fraction of sp³-hybridized carbons (Fsp3) is 0.471. The van der Waals surface area contributed by atoms with Crippen molar-refractivity contribution >= 4 is 5.91 Å². The third kappa shape index (κ3) is 3.97. The maximum atomic E-state index is 12.9. The van der Waals surface area contributed by atoms with Crippen molar-refractivity contribution in [2.75, 3.05) is 13.1 Å². The topological polar surface area (TPSA) is 68.5 Å². The summed E-state index contributed by atoms with van der Waals surface area (Å²) in [5, 5.41) is 3.88. The van der Waals surface area contributed by atoms with Crippen LogP contribution >= 0.6 is 0 Å². The molecule has 0 spiro atoms. The number of nitrogens with zero attached hydrogens (tertiary/aromatic N) is 3. The molecule has 1 aliphatic heterocycles. The standard InChI is InChI=1S/C17H20FN3O3/c1-11-9-21(10-12(2)23-11)16(22)8-7-15-19-17(20-24-15)13-3-5-14(18)6-4-13/h3-6,11-12H,7-10H2,1-2H3/t11-,12+. The number of ether oxygens (including phenoxy) is 1. The lowest BCUT2D eigenvalue weighted by Crippen LogP contribution is -2.48. The highest BCUT2D eigenvalue weighted by Gasteiger charge is 2.25. The number of amides is 1. The molecule has 0 radical (unpaired) electrons. The van der Waals surface area contributed by atoms with Crippen molar-refractivity contribution in [1.82, 2.24) is 15.0 Å². The van der Waals surface area contributed by atoms with Gasteiger partial charge in [0, 0.05) is 31.5 Å². The van der Waals surface area contributed by atoms with E-state index in [1.54, 1.807) is 12.1 Å². The molecule has 3 rings (SSSR count). The minimum absolute atomic E-state index is 0.0474. The Morgan fingerprint density at radius 2 is 1.92 bits per heavy atom. The Bertz CT molecular complexity index is 691. The molecule has 2 atom stereocenters. The molecule has 1 aliphatic rings. The van der Waals surface area contributed by atoms with Crippen LogP contribution in [0, 0.1) is 5.82 Å². The van der Waals surface area contributed by atoms with Gasteiger partial charge in [-0.2, -0.15) is 4.98 Å². The van der Waals surface area contributed by atoms with Crippen LogP contribution in [0.4, 0.5) is 4.39 Å². The molecule has 1 fully saturated rings. The smallest absolute Gasteiger partial charge is 0.227 e. The number of morpholine rings is 1. The monoisotopic (exact) mass is 333 g/mol. The van der Waals surface area contributed by atoms with E-state index in [-0.39, 0.29) is 23.9 Å². The van der Waals surface area contributed by atoms with Crippen LogP contribution in [0.3, 0.4) is 0 Å². The molecular formula is C17H20FN3O3. The molecule has 0 aliphatic carbocycles. The van der Waals surface area contributed by atoms with E-state index in [0.29, 0.717) is 43.2 Å². The van der Waals surface area contributed by atoms with Gasteiger partial charge in [0.25, 0.3) is 0 Å². The van der Waals surface area contributed by atoms with E-state index in [1.807, 2.05) is 18.7 Å². The first kappa shape index (κ1) is 16.6. The molecule has 1 aromatic heterocycles. The van der Waals surface area contributed by atoms with Gasteiger partial charge >= 0.3 is 0 Å². The van der Waals surface area contributed by atoms with Gasteiger partial charge < -0.3 is 14.2 Å². The summed E-state index contributed by atoms with van der Waals surface area (Å²) < 4.78 is 23.7. The van der Waals surface area contributed by atoms with E-state index in [0.717, 1.165) is 0 Å². The minimum atomic E-state index is -0.318. The number of aromatic nitrogens is 2. The second kappa shape index (κ2) is 7.09. The summed E-state index contributed by atoms with van der Waals surface area (Å²) in [4.78, 5) is 18.4. The highest BCUT2D eigenvalue weighted by atomic mass is 19.1. The zero-order valence-electron chi connectivity index (χ0n) is 13.7. The van der Waals surface area contributed by atoms with E-state index >= 15 is 0 Å². The zero-order valence-corrected chi connectivity index (χ0v) is 13.7. The zero-order chi connectivity index (χ0) is 17.1. The number of benzene rings is 1. The maximum Gasteiger partial charge on any atom is 0.227 e. The van der Waals surface area contributed by atoms with Crippen LogP contribution < -0.4 is 0 Å². The predicted molar refractivity (Wildman–Crippen MR) is 84.6 cm³/mol. The molecule has 0 bridgehead atoms. The van der Waals surface area contributed by atoms with Crippen LogP contribution in [-0.2, 0) is 16.0 Å². The van der Waals surface area contributed by atoms with Gasteiger partial charge in [-0.15, -0.1) is 0 Å². The van der Waals surface area contributed by atoms with Gasteiger partial charge in [0.1, 0.15) is 5.82 Å². The van der Waals surface area contributed by atoms with E-state index in [9.17, 15) is 9.18 Å². The summed E-state index contributed by atoms with van der Waals surface area (Å²) >= 11 is 0. The third-order valence-electron chi connectivity index (χ3n) is 3.90. The Morgan fingerprint density at radius 3 is 2.58 bits per heavy atom. The van der Waals surface area contributed by atoms with Crippen molar-refractivity contribution in [2.45, 2.75) is 38.9 Å². The van der Waals surface area contributed by atoms with Crippen LogP contribution in [-0.4, -0.2) is 46.2 Å². The van der Waals surface area contributed by atoms with Crippen LogP contribution in [0.25, 0.3) is 11.4 Å². The minimum Gasteiger partial charge on any atom is -0.372 e. The summed E-state index contributed by atoms with van der Waals surface area (Å²) in [5.41, 5.74) is 0.675. The molecule has 1 saturated heterocycles. The first-order valence-corrected chi connectivity index (χ1v) is 8.03. The largest absolute Gasteiger partial charge is 0.372 e. The molecule has 1 amide bonds. The Morgan fingerprint density at radius 1 is 1.25 bits per heavy atom. The first-order valence-electron chi connectivity index (χ1n) is 8.03. The summed E-state index contributed by atoms with van der Waals surface area (Å²) in [6.45, 7) is 5.13. The number of halogens is 1. The number of carbonyl (C=O) groups is 1. The van der Waals surface area contributed by atoms with Crippen LogP contribution in [0.1, 0.15) is 26.2 Å². The van der Waals surface area contributed by atoms with Crippen molar-refractivity contribution in [1.29, 1.82) is 0 Å². The average molecular weight is 333 g/mol. The van der Waals surface area contributed by atoms with Gasteiger partial charge in [0.2, 0.25) is 17.6 Å². The van der Waals surface area contributed by atoms with E-state index in [4.69, 9.17) is 9.26 Å². The fourth-order valence-corrected chi connectivity index (χ4v) is 2.83.